The first-order valence-electron chi connectivity index (χ1n) is 5.87. The van der Waals surface area contributed by atoms with Crippen molar-refractivity contribution in [1.82, 2.24) is 4.90 Å². The van der Waals surface area contributed by atoms with Gasteiger partial charge in [-0.1, -0.05) is 0 Å². The molecule has 0 saturated carbocycles. The van der Waals surface area contributed by atoms with Gasteiger partial charge in [0.25, 0.3) is 0 Å². The molecule has 1 atom stereocenters. The number of phosphoric ester groups is 1. The van der Waals surface area contributed by atoms with Crippen molar-refractivity contribution in [2.24, 2.45) is 5.92 Å². The van der Waals surface area contributed by atoms with E-state index in [2.05, 4.69) is 4.52 Å². The van der Waals surface area contributed by atoms with Gasteiger partial charge in [0.2, 0.25) is 0 Å². The summed E-state index contributed by atoms with van der Waals surface area (Å²) >= 11 is 0. The summed E-state index contributed by atoms with van der Waals surface area (Å²) in [5, 5.41) is 0. The van der Waals surface area contributed by atoms with Crippen LogP contribution in [0.1, 0.15) is 12.8 Å². The molecule has 0 aromatic heterocycles. The molecule has 0 radical (unpaired) electrons. The summed E-state index contributed by atoms with van der Waals surface area (Å²) in [6.07, 6.45) is 1.61. The van der Waals surface area contributed by atoms with E-state index in [0.717, 1.165) is 25.9 Å². The Morgan fingerprint density at radius 1 is 1.39 bits per heavy atom. The highest BCUT2D eigenvalue weighted by Crippen LogP contribution is 2.42. The minimum atomic E-state index is -4.58. The number of Topliss-reactive ketones (excluding diaryl/α,β-unsaturated/α-hetero) is 1. The van der Waals surface area contributed by atoms with Crippen LogP contribution in [-0.2, 0) is 18.6 Å². The maximum Gasteiger partial charge on any atom is 0.469 e. The van der Waals surface area contributed by atoms with Gasteiger partial charge in [-0.15, -0.1) is 0 Å². The predicted molar refractivity (Wildman–Crippen MR) is 61.9 cm³/mol. The number of phosphoric acid groups is 1. The molecule has 3 fully saturated rings. The van der Waals surface area contributed by atoms with Gasteiger partial charge in [0, 0.05) is 13.0 Å². The Labute approximate surface area is 105 Å². The normalized spacial score (nSPS) is 36.1. The highest BCUT2D eigenvalue weighted by Gasteiger charge is 2.54. The van der Waals surface area contributed by atoms with Crippen molar-refractivity contribution in [3.63, 3.8) is 0 Å². The van der Waals surface area contributed by atoms with Crippen LogP contribution < -0.4 is 0 Å². The van der Waals surface area contributed by atoms with Crippen molar-refractivity contribution in [2.45, 2.75) is 18.4 Å². The van der Waals surface area contributed by atoms with Gasteiger partial charge >= 0.3 is 7.82 Å². The molecule has 7 nitrogen and oxygen atoms in total. The smallest absolute Gasteiger partial charge is 0.382 e. The summed E-state index contributed by atoms with van der Waals surface area (Å²) in [6.45, 7) is 1.26. The van der Waals surface area contributed by atoms with E-state index in [9.17, 15) is 9.36 Å². The van der Waals surface area contributed by atoms with Crippen LogP contribution in [-0.4, -0.2) is 59.4 Å². The Hall–Kier alpha value is -0.300. The molecule has 3 saturated heterocycles. The molecule has 0 amide bonds. The summed E-state index contributed by atoms with van der Waals surface area (Å²) in [5.74, 6) is -0.0548. The Morgan fingerprint density at radius 2 is 2.00 bits per heavy atom. The maximum absolute atomic E-state index is 12.4. The molecular weight excluding hydrogens is 261 g/mol. The first kappa shape index (κ1) is 14.1. The van der Waals surface area contributed by atoms with E-state index in [-0.39, 0.29) is 24.9 Å². The average Bonchev–Trinajstić information content (AvgIpc) is 2.32. The van der Waals surface area contributed by atoms with E-state index in [4.69, 9.17) is 14.5 Å². The number of ketones is 1. The monoisotopic (exact) mass is 279 g/mol. The van der Waals surface area contributed by atoms with Crippen LogP contribution in [0.2, 0.25) is 0 Å². The summed E-state index contributed by atoms with van der Waals surface area (Å²) in [4.78, 5) is 31.9. The second-order valence-electron chi connectivity index (χ2n) is 4.85. The zero-order valence-corrected chi connectivity index (χ0v) is 11.1. The lowest BCUT2D eigenvalue weighted by molar-refractivity contribution is -0.157. The third-order valence-electron chi connectivity index (χ3n) is 3.78. The molecule has 18 heavy (non-hydrogen) atoms. The highest BCUT2D eigenvalue weighted by atomic mass is 31.2. The number of ether oxygens (including phenoxy) is 1. The molecule has 0 aromatic carbocycles. The number of piperidine rings is 3. The second-order valence-corrected chi connectivity index (χ2v) is 6.09. The molecule has 0 spiro atoms. The molecule has 3 aliphatic heterocycles. The molecule has 0 aliphatic carbocycles. The molecule has 2 bridgehead atoms. The van der Waals surface area contributed by atoms with E-state index < -0.39 is 13.4 Å². The standard InChI is InChI=1S/C10H18NO6P/c1-16-6-10(7-17-18(13,14)15)9(12)8-2-4-11(10)5-3-8/h8H,2-7H2,1H3,(H2,13,14,15). The van der Waals surface area contributed by atoms with Crippen molar-refractivity contribution in [2.75, 3.05) is 33.4 Å². The molecule has 0 aromatic rings. The number of nitrogens with zero attached hydrogens (tertiary/aromatic N) is 1. The molecule has 3 aliphatic rings. The SMILES string of the molecule is COCC1(COP(=O)(O)O)C(=O)C2CCN1CC2. The van der Waals surface area contributed by atoms with E-state index in [1.165, 1.54) is 7.11 Å². The predicted octanol–water partition coefficient (Wildman–Crippen LogP) is -0.224. The number of hydrogen-bond donors (Lipinski definition) is 2. The number of rotatable bonds is 5. The Kier molecular flexibility index (Phi) is 3.92. The Bertz CT molecular complexity index is 375. The van der Waals surface area contributed by atoms with Gasteiger partial charge in [-0.25, -0.2) is 4.57 Å². The van der Waals surface area contributed by atoms with E-state index in [0.29, 0.717) is 0 Å². The van der Waals surface area contributed by atoms with Gasteiger partial charge in [0.15, 0.2) is 5.78 Å². The third-order valence-corrected chi connectivity index (χ3v) is 4.25. The van der Waals surface area contributed by atoms with Crippen LogP contribution >= 0.6 is 7.82 Å². The number of hydrogen-bond acceptors (Lipinski definition) is 5. The lowest BCUT2D eigenvalue weighted by Gasteiger charge is -2.52. The quantitative estimate of drug-likeness (QED) is 0.671. The van der Waals surface area contributed by atoms with Gasteiger partial charge < -0.3 is 14.5 Å². The number of carbonyl (C=O) groups excluding carboxylic acids is 1. The fraction of sp³-hybridized carbons (Fsp3) is 0.900. The zero-order chi connectivity index (χ0) is 13.4. The minimum Gasteiger partial charge on any atom is -0.382 e. The molecule has 104 valence electrons. The zero-order valence-electron chi connectivity index (χ0n) is 10.2. The lowest BCUT2D eigenvalue weighted by Crippen LogP contribution is -2.69. The number of carbonyl (C=O) groups is 1. The first-order chi connectivity index (χ1) is 8.39. The lowest BCUT2D eigenvalue weighted by atomic mass is 9.74. The van der Waals surface area contributed by atoms with E-state index >= 15 is 0 Å². The molecule has 8 heteroatoms. The molecule has 3 heterocycles. The van der Waals surface area contributed by atoms with Crippen LogP contribution in [0, 0.1) is 5.92 Å². The topological polar surface area (TPSA) is 96.3 Å². The van der Waals surface area contributed by atoms with Gasteiger partial charge in [-0.05, 0) is 25.9 Å². The van der Waals surface area contributed by atoms with Gasteiger partial charge in [-0.3, -0.25) is 14.2 Å². The third kappa shape index (κ3) is 2.52. The second kappa shape index (κ2) is 5.00. The van der Waals surface area contributed by atoms with Crippen LogP contribution in [0.3, 0.4) is 0 Å². The molecule has 2 N–H and O–H groups in total. The Morgan fingerprint density at radius 3 is 2.44 bits per heavy atom. The van der Waals surface area contributed by atoms with Crippen molar-refractivity contribution >= 4 is 13.6 Å². The number of methoxy groups -OCH3 is 1. The maximum atomic E-state index is 12.4. The van der Waals surface area contributed by atoms with E-state index in [1.54, 1.807) is 0 Å². The van der Waals surface area contributed by atoms with E-state index in [1.807, 2.05) is 4.90 Å². The Balaban J connectivity index is 2.20. The largest absolute Gasteiger partial charge is 0.469 e. The van der Waals surface area contributed by atoms with Gasteiger partial charge in [0.1, 0.15) is 5.54 Å². The van der Waals surface area contributed by atoms with Crippen LogP contribution in [0.25, 0.3) is 0 Å². The summed E-state index contributed by atoms with van der Waals surface area (Å²) < 4.78 is 20.5. The van der Waals surface area contributed by atoms with Crippen LogP contribution in [0.15, 0.2) is 0 Å². The van der Waals surface area contributed by atoms with Crippen molar-refractivity contribution in [3.8, 4) is 0 Å². The molecule has 1 unspecified atom stereocenters. The van der Waals surface area contributed by atoms with Crippen molar-refractivity contribution in [3.05, 3.63) is 0 Å². The molecular formula is C10H18NO6P. The first-order valence-corrected chi connectivity index (χ1v) is 7.40. The summed E-state index contributed by atoms with van der Waals surface area (Å²) in [5.41, 5.74) is -1.03. The van der Waals surface area contributed by atoms with Crippen LogP contribution in [0.4, 0.5) is 0 Å². The fourth-order valence-corrected chi connectivity index (χ4v) is 3.28. The summed E-state index contributed by atoms with van der Waals surface area (Å²) in [7, 11) is -3.11. The number of fused-ring (bicyclic) bond motifs is 3. The van der Waals surface area contributed by atoms with Gasteiger partial charge in [0.05, 0.1) is 13.2 Å². The highest BCUT2D eigenvalue weighted by molar-refractivity contribution is 7.46. The van der Waals surface area contributed by atoms with Gasteiger partial charge in [-0.2, -0.15) is 0 Å². The van der Waals surface area contributed by atoms with Crippen molar-refractivity contribution in [1.29, 1.82) is 0 Å². The van der Waals surface area contributed by atoms with Crippen molar-refractivity contribution < 1.29 is 28.4 Å². The average molecular weight is 279 g/mol. The van der Waals surface area contributed by atoms with Crippen LogP contribution in [0.5, 0.6) is 0 Å². The molecule has 3 rings (SSSR count). The summed E-state index contributed by atoms with van der Waals surface area (Å²) in [6, 6.07) is 0. The fourth-order valence-electron chi connectivity index (χ4n) is 2.90. The minimum absolute atomic E-state index is 0.0182.